The Balaban J connectivity index is 4.58. The van der Waals surface area contributed by atoms with Crippen molar-refractivity contribution in [3.05, 3.63) is 134 Å². The van der Waals surface area contributed by atoms with E-state index in [-0.39, 0.29) is 31.6 Å². The lowest BCUT2D eigenvalue weighted by molar-refractivity contribution is -0.166. The van der Waals surface area contributed by atoms with Crippen molar-refractivity contribution in [2.75, 3.05) is 13.2 Å². The van der Waals surface area contributed by atoms with Crippen molar-refractivity contribution in [1.29, 1.82) is 0 Å². The van der Waals surface area contributed by atoms with Crippen molar-refractivity contribution in [3.63, 3.8) is 0 Å². The molecule has 0 aliphatic heterocycles. The number of esters is 3. The molecule has 0 heterocycles. The molecular formula is C62H98O6. The summed E-state index contributed by atoms with van der Waals surface area (Å²) in [5.41, 5.74) is 0. The highest BCUT2D eigenvalue weighted by Crippen LogP contribution is 2.13. The molecule has 0 saturated carbocycles. The van der Waals surface area contributed by atoms with E-state index in [4.69, 9.17) is 14.2 Å². The Morgan fingerprint density at radius 1 is 0.324 bits per heavy atom. The van der Waals surface area contributed by atoms with Gasteiger partial charge in [0.2, 0.25) is 0 Å². The first kappa shape index (κ1) is 63.6. The molecule has 0 aliphatic rings. The number of carbonyl (C=O) groups is 3. The SMILES string of the molecule is CC/C=C\C/C=C\C/C=C\C/C=C\C/C=C\CCC(=O)OC(COC(=O)CCCCCCC\C=C/C=C\C=C/C=C\C=C/CCC)COC(=O)CCCCCCC/C=C\CCCCCCCCC. The van der Waals surface area contributed by atoms with Crippen LogP contribution in [0.3, 0.4) is 0 Å². The number of hydrogen-bond donors (Lipinski definition) is 0. The summed E-state index contributed by atoms with van der Waals surface area (Å²) in [7, 11) is 0. The maximum absolute atomic E-state index is 12.8. The van der Waals surface area contributed by atoms with E-state index in [1.54, 1.807) is 0 Å². The van der Waals surface area contributed by atoms with Crippen LogP contribution < -0.4 is 0 Å². The molecule has 0 aliphatic carbocycles. The second-order valence-electron chi connectivity index (χ2n) is 17.5. The van der Waals surface area contributed by atoms with Gasteiger partial charge in [-0.15, -0.1) is 0 Å². The highest BCUT2D eigenvalue weighted by Gasteiger charge is 2.19. The van der Waals surface area contributed by atoms with Gasteiger partial charge in [0, 0.05) is 19.3 Å². The number of ether oxygens (including phenoxy) is 3. The molecule has 0 aromatic rings. The Hall–Kier alpha value is -4.45. The minimum atomic E-state index is -0.837. The number of hydrogen-bond acceptors (Lipinski definition) is 6. The van der Waals surface area contributed by atoms with Gasteiger partial charge in [-0.3, -0.25) is 14.4 Å². The fourth-order valence-electron chi connectivity index (χ4n) is 6.93. The fourth-order valence-corrected chi connectivity index (χ4v) is 6.93. The first-order valence-corrected chi connectivity index (χ1v) is 27.3. The van der Waals surface area contributed by atoms with Crippen molar-refractivity contribution < 1.29 is 28.6 Å². The van der Waals surface area contributed by atoms with E-state index in [2.05, 4.69) is 106 Å². The van der Waals surface area contributed by atoms with E-state index in [0.717, 1.165) is 109 Å². The summed E-state index contributed by atoms with van der Waals surface area (Å²) in [6, 6.07) is 0. The molecule has 0 aromatic carbocycles. The summed E-state index contributed by atoms with van der Waals surface area (Å²) in [4.78, 5) is 38.1. The maximum Gasteiger partial charge on any atom is 0.306 e. The van der Waals surface area contributed by atoms with Crippen LogP contribution in [0.5, 0.6) is 0 Å². The predicted octanol–water partition coefficient (Wildman–Crippen LogP) is 18.3. The molecule has 0 N–H and O–H groups in total. The third kappa shape index (κ3) is 52.5. The van der Waals surface area contributed by atoms with Crippen LogP contribution in [-0.2, 0) is 28.6 Å². The van der Waals surface area contributed by atoms with Crippen LogP contribution in [0.1, 0.15) is 220 Å². The molecule has 0 rings (SSSR count). The molecule has 0 aromatic heterocycles. The van der Waals surface area contributed by atoms with E-state index in [1.165, 1.54) is 64.2 Å². The lowest BCUT2D eigenvalue weighted by atomic mass is 10.1. The quantitative estimate of drug-likeness (QED) is 0.0199. The van der Waals surface area contributed by atoms with Gasteiger partial charge in [0.25, 0.3) is 0 Å². The smallest absolute Gasteiger partial charge is 0.306 e. The second kappa shape index (κ2) is 55.1. The average Bonchev–Trinajstić information content (AvgIpc) is 3.34. The highest BCUT2D eigenvalue weighted by atomic mass is 16.6. The number of unbranched alkanes of at least 4 members (excludes halogenated alkanes) is 18. The Morgan fingerprint density at radius 3 is 1.15 bits per heavy atom. The van der Waals surface area contributed by atoms with Crippen molar-refractivity contribution in [1.82, 2.24) is 0 Å². The topological polar surface area (TPSA) is 78.9 Å². The van der Waals surface area contributed by atoms with Gasteiger partial charge >= 0.3 is 17.9 Å². The zero-order chi connectivity index (χ0) is 49.3. The molecule has 0 fully saturated rings. The summed E-state index contributed by atoms with van der Waals surface area (Å²) in [6.07, 6.45) is 77.3. The summed E-state index contributed by atoms with van der Waals surface area (Å²) < 4.78 is 16.7. The van der Waals surface area contributed by atoms with E-state index in [1.807, 2.05) is 48.6 Å². The predicted molar refractivity (Wildman–Crippen MR) is 292 cm³/mol. The maximum atomic E-state index is 12.8. The summed E-state index contributed by atoms with van der Waals surface area (Å²) in [5, 5.41) is 0. The standard InChI is InChI=1S/C62H98O6/c1-4-7-10-13-16-19-22-25-28-31-32-35-37-40-43-46-49-52-55-61(64)67-58-59(68-62(65)56-53-50-47-44-41-38-34-30-27-24-21-18-15-12-9-6-3)57-66-60(63)54-51-48-45-42-39-36-33-29-26-23-20-17-14-11-8-5-2/h9-10,12-13,16,18-19,21-22,25,27-33,35,38,41,47,50,59H,4-8,11,14-15,17,20,23-24,26,34,36-37,39-40,42-46,48-49,51-58H2,1-3H3/b12-9-,13-10-,19-16-,21-18-,25-22-,30-27-,31-28-,33-29-,35-32-,41-38-,50-47-. The third-order valence-corrected chi connectivity index (χ3v) is 11.0. The van der Waals surface area contributed by atoms with E-state index in [0.29, 0.717) is 19.3 Å². The Kier molecular flexibility index (Phi) is 51.5. The van der Waals surface area contributed by atoms with Gasteiger partial charge < -0.3 is 14.2 Å². The van der Waals surface area contributed by atoms with Gasteiger partial charge in [0.15, 0.2) is 6.10 Å². The average molecular weight is 939 g/mol. The second-order valence-corrected chi connectivity index (χ2v) is 17.5. The molecule has 1 atom stereocenters. The van der Waals surface area contributed by atoms with Gasteiger partial charge in [-0.05, 0) is 96.3 Å². The van der Waals surface area contributed by atoms with E-state index in [9.17, 15) is 14.4 Å². The molecule has 0 spiro atoms. The molecule has 0 amide bonds. The van der Waals surface area contributed by atoms with Crippen LogP contribution in [0.2, 0.25) is 0 Å². The van der Waals surface area contributed by atoms with Crippen LogP contribution in [0.4, 0.5) is 0 Å². The minimum absolute atomic E-state index is 0.125. The van der Waals surface area contributed by atoms with Gasteiger partial charge in [-0.25, -0.2) is 0 Å². The Labute approximate surface area is 417 Å². The number of rotatable bonds is 47. The van der Waals surface area contributed by atoms with Crippen molar-refractivity contribution >= 4 is 17.9 Å². The van der Waals surface area contributed by atoms with E-state index >= 15 is 0 Å². The first-order chi connectivity index (χ1) is 33.5. The molecule has 68 heavy (non-hydrogen) atoms. The molecule has 0 saturated heterocycles. The van der Waals surface area contributed by atoms with Crippen molar-refractivity contribution in [2.45, 2.75) is 226 Å². The molecule has 0 radical (unpaired) electrons. The summed E-state index contributed by atoms with van der Waals surface area (Å²) in [5.74, 6) is -1.05. The van der Waals surface area contributed by atoms with Crippen LogP contribution in [0, 0.1) is 0 Å². The molecular weight excluding hydrogens is 841 g/mol. The van der Waals surface area contributed by atoms with Crippen molar-refractivity contribution in [2.24, 2.45) is 0 Å². The van der Waals surface area contributed by atoms with Gasteiger partial charge in [-0.1, -0.05) is 238 Å². The first-order valence-electron chi connectivity index (χ1n) is 27.3. The molecule has 6 heteroatoms. The lowest BCUT2D eigenvalue weighted by Gasteiger charge is -2.18. The normalized spacial score (nSPS) is 13.2. The fraction of sp³-hybridized carbons (Fsp3) is 0.597. The monoisotopic (exact) mass is 939 g/mol. The Bertz CT molecular complexity index is 1500. The number of carbonyl (C=O) groups excluding carboxylic acids is 3. The minimum Gasteiger partial charge on any atom is -0.462 e. The number of allylic oxidation sites excluding steroid dienone is 22. The van der Waals surface area contributed by atoms with Crippen LogP contribution in [0.25, 0.3) is 0 Å². The molecule has 1 unspecified atom stereocenters. The van der Waals surface area contributed by atoms with Crippen LogP contribution in [-0.4, -0.2) is 37.2 Å². The molecule has 0 bridgehead atoms. The van der Waals surface area contributed by atoms with Gasteiger partial charge in [0.1, 0.15) is 13.2 Å². The largest absolute Gasteiger partial charge is 0.462 e. The lowest BCUT2D eigenvalue weighted by Crippen LogP contribution is -2.30. The molecule has 6 nitrogen and oxygen atoms in total. The highest BCUT2D eigenvalue weighted by molar-refractivity contribution is 5.71. The van der Waals surface area contributed by atoms with Crippen LogP contribution >= 0.6 is 0 Å². The third-order valence-electron chi connectivity index (χ3n) is 11.0. The van der Waals surface area contributed by atoms with E-state index < -0.39 is 12.1 Å². The summed E-state index contributed by atoms with van der Waals surface area (Å²) in [6.45, 7) is 6.33. The van der Waals surface area contributed by atoms with Crippen molar-refractivity contribution in [3.8, 4) is 0 Å². The zero-order valence-corrected chi connectivity index (χ0v) is 43.6. The Morgan fingerprint density at radius 2 is 0.691 bits per heavy atom. The zero-order valence-electron chi connectivity index (χ0n) is 43.6. The molecule has 382 valence electrons. The summed E-state index contributed by atoms with van der Waals surface area (Å²) >= 11 is 0. The van der Waals surface area contributed by atoms with Crippen LogP contribution in [0.15, 0.2) is 134 Å². The van der Waals surface area contributed by atoms with Gasteiger partial charge in [0.05, 0.1) is 0 Å². The van der Waals surface area contributed by atoms with Gasteiger partial charge in [-0.2, -0.15) is 0 Å².